The molecule has 2 nitrogen and oxygen atoms in total. The van der Waals surface area contributed by atoms with Crippen LogP contribution < -0.4 is 10.1 Å². The van der Waals surface area contributed by atoms with Crippen LogP contribution in [0.15, 0.2) is 18.2 Å². The van der Waals surface area contributed by atoms with Crippen molar-refractivity contribution in [3.63, 3.8) is 0 Å². The van der Waals surface area contributed by atoms with Crippen molar-refractivity contribution in [1.82, 2.24) is 5.32 Å². The van der Waals surface area contributed by atoms with Crippen molar-refractivity contribution < 1.29 is 4.74 Å². The van der Waals surface area contributed by atoms with Gasteiger partial charge >= 0.3 is 0 Å². The molecule has 1 aromatic rings. The lowest BCUT2D eigenvalue weighted by atomic mass is 10.0. The summed E-state index contributed by atoms with van der Waals surface area (Å²) in [4.78, 5) is 0. The third-order valence-electron chi connectivity index (χ3n) is 3.66. The van der Waals surface area contributed by atoms with Gasteiger partial charge in [-0.05, 0) is 63.3 Å². The minimum absolute atomic E-state index is 0.555. The summed E-state index contributed by atoms with van der Waals surface area (Å²) in [6.07, 6.45) is 3.55. The average molecular weight is 263 g/mol. The van der Waals surface area contributed by atoms with E-state index < -0.39 is 0 Å². The molecule has 0 heterocycles. The second-order valence-corrected chi connectivity index (χ2v) is 5.71. The number of unbranched alkanes of at least 4 members (excludes halogenated alkanes) is 1. The molecule has 1 unspecified atom stereocenters. The maximum atomic E-state index is 5.92. The van der Waals surface area contributed by atoms with Crippen LogP contribution in [-0.2, 0) is 0 Å². The van der Waals surface area contributed by atoms with Gasteiger partial charge in [-0.3, -0.25) is 0 Å². The number of hydrogen-bond donors (Lipinski definition) is 1. The fourth-order valence-electron chi connectivity index (χ4n) is 2.01. The van der Waals surface area contributed by atoms with E-state index >= 15 is 0 Å². The molecule has 0 aliphatic rings. The third-order valence-corrected chi connectivity index (χ3v) is 3.66. The molecule has 0 radical (unpaired) electrons. The number of ether oxygens (including phenoxy) is 1. The van der Waals surface area contributed by atoms with Crippen LogP contribution in [-0.4, -0.2) is 19.7 Å². The standard InChI is InChI=1S/C17H29NO/c1-13(2)16-10-9-14(3)17(12-16)19-11-7-6-8-15(4)18-5/h9-10,12-13,15,18H,6-8,11H2,1-5H3. The average Bonchev–Trinajstić information content (AvgIpc) is 2.39. The molecular weight excluding hydrogens is 234 g/mol. The summed E-state index contributed by atoms with van der Waals surface area (Å²) in [6, 6.07) is 7.15. The number of rotatable bonds is 8. The molecule has 0 spiro atoms. The number of aryl methyl sites for hydroxylation is 1. The maximum Gasteiger partial charge on any atom is 0.122 e. The maximum absolute atomic E-state index is 5.92. The van der Waals surface area contributed by atoms with Crippen molar-refractivity contribution in [3.8, 4) is 5.75 Å². The fraction of sp³-hybridized carbons (Fsp3) is 0.647. The number of benzene rings is 1. The first-order chi connectivity index (χ1) is 9.04. The van der Waals surface area contributed by atoms with E-state index in [1.54, 1.807) is 0 Å². The van der Waals surface area contributed by atoms with Crippen LogP contribution in [0.3, 0.4) is 0 Å². The summed E-state index contributed by atoms with van der Waals surface area (Å²) < 4.78 is 5.92. The van der Waals surface area contributed by atoms with E-state index in [2.05, 4.69) is 51.2 Å². The highest BCUT2D eigenvalue weighted by atomic mass is 16.5. The van der Waals surface area contributed by atoms with Gasteiger partial charge in [0, 0.05) is 6.04 Å². The van der Waals surface area contributed by atoms with Crippen LogP contribution in [0.4, 0.5) is 0 Å². The molecule has 1 atom stereocenters. The van der Waals surface area contributed by atoms with Gasteiger partial charge in [0.1, 0.15) is 5.75 Å². The molecule has 1 rings (SSSR count). The first kappa shape index (κ1) is 16.0. The van der Waals surface area contributed by atoms with Gasteiger partial charge in [-0.15, -0.1) is 0 Å². The van der Waals surface area contributed by atoms with Crippen molar-refractivity contribution in [1.29, 1.82) is 0 Å². The topological polar surface area (TPSA) is 21.3 Å². The first-order valence-corrected chi connectivity index (χ1v) is 7.45. The Balaban J connectivity index is 2.38. The molecule has 0 bridgehead atoms. The van der Waals surface area contributed by atoms with Crippen LogP contribution in [0, 0.1) is 6.92 Å². The van der Waals surface area contributed by atoms with Crippen molar-refractivity contribution in [2.45, 2.75) is 58.9 Å². The minimum atomic E-state index is 0.555. The van der Waals surface area contributed by atoms with Gasteiger partial charge in [0.05, 0.1) is 6.61 Å². The molecule has 1 N–H and O–H groups in total. The molecule has 19 heavy (non-hydrogen) atoms. The molecule has 2 heteroatoms. The van der Waals surface area contributed by atoms with Gasteiger partial charge in [-0.1, -0.05) is 26.0 Å². The van der Waals surface area contributed by atoms with Gasteiger partial charge in [-0.25, -0.2) is 0 Å². The van der Waals surface area contributed by atoms with Gasteiger partial charge in [-0.2, -0.15) is 0 Å². The lowest BCUT2D eigenvalue weighted by Crippen LogP contribution is -2.20. The summed E-state index contributed by atoms with van der Waals surface area (Å²) in [7, 11) is 2.02. The van der Waals surface area contributed by atoms with Crippen molar-refractivity contribution in [3.05, 3.63) is 29.3 Å². The fourth-order valence-corrected chi connectivity index (χ4v) is 2.01. The minimum Gasteiger partial charge on any atom is -0.493 e. The Morgan fingerprint density at radius 1 is 1.16 bits per heavy atom. The van der Waals surface area contributed by atoms with Crippen LogP contribution in [0.2, 0.25) is 0 Å². The molecule has 0 aromatic heterocycles. The SMILES string of the molecule is CNC(C)CCCCOc1cc(C(C)C)ccc1C. The Hall–Kier alpha value is -1.02. The molecule has 0 fully saturated rings. The molecule has 0 saturated heterocycles. The normalized spacial score (nSPS) is 12.7. The highest BCUT2D eigenvalue weighted by molar-refractivity contribution is 5.37. The largest absolute Gasteiger partial charge is 0.493 e. The zero-order valence-corrected chi connectivity index (χ0v) is 13.1. The van der Waals surface area contributed by atoms with Crippen molar-refractivity contribution >= 4 is 0 Å². The zero-order valence-electron chi connectivity index (χ0n) is 13.1. The molecular formula is C17H29NO. The highest BCUT2D eigenvalue weighted by Crippen LogP contribution is 2.24. The third kappa shape index (κ3) is 5.65. The van der Waals surface area contributed by atoms with Crippen molar-refractivity contribution in [2.75, 3.05) is 13.7 Å². The monoisotopic (exact) mass is 263 g/mol. The lowest BCUT2D eigenvalue weighted by molar-refractivity contribution is 0.300. The molecule has 0 saturated carbocycles. The van der Waals surface area contributed by atoms with E-state index in [1.165, 1.54) is 24.0 Å². The summed E-state index contributed by atoms with van der Waals surface area (Å²) in [5, 5.41) is 3.26. The molecule has 0 aliphatic heterocycles. The van der Waals surface area contributed by atoms with Gasteiger partial charge in [0.25, 0.3) is 0 Å². The van der Waals surface area contributed by atoms with Gasteiger partial charge in [0.2, 0.25) is 0 Å². The molecule has 108 valence electrons. The van der Waals surface area contributed by atoms with E-state index in [0.29, 0.717) is 12.0 Å². The number of nitrogens with one attached hydrogen (secondary N) is 1. The summed E-state index contributed by atoms with van der Waals surface area (Å²) in [6.45, 7) is 9.58. The summed E-state index contributed by atoms with van der Waals surface area (Å²) in [5.41, 5.74) is 2.58. The second kappa shape index (κ2) is 8.21. The quantitative estimate of drug-likeness (QED) is 0.707. The lowest BCUT2D eigenvalue weighted by Gasteiger charge is -2.13. The molecule has 0 aliphatic carbocycles. The predicted octanol–water partition coefficient (Wildman–Crippen LogP) is 4.28. The van der Waals surface area contributed by atoms with E-state index in [-0.39, 0.29) is 0 Å². The first-order valence-electron chi connectivity index (χ1n) is 7.45. The zero-order chi connectivity index (χ0) is 14.3. The predicted molar refractivity (Wildman–Crippen MR) is 83.1 cm³/mol. The Kier molecular flexibility index (Phi) is 6.93. The smallest absolute Gasteiger partial charge is 0.122 e. The van der Waals surface area contributed by atoms with E-state index in [1.807, 2.05) is 7.05 Å². The highest BCUT2D eigenvalue weighted by Gasteiger charge is 2.05. The van der Waals surface area contributed by atoms with E-state index in [4.69, 9.17) is 4.74 Å². The summed E-state index contributed by atoms with van der Waals surface area (Å²) >= 11 is 0. The van der Waals surface area contributed by atoms with Gasteiger partial charge < -0.3 is 10.1 Å². The van der Waals surface area contributed by atoms with E-state index in [9.17, 15) is 0 Å². The Morgan fingerprint density at radius 3 is 2.53 bits per heavy atom. The second-order valence-electron chi connectivity index (χ2n) is 5.71. The Labute approximate surface area is 118 Å². The van der Waals surface area contributed by atoms with Crippen LogP contribution in [0.5, 0.6) is 5.75 Å². The Morgan fingerprint density at radius 2 is 1.89 bits per heavy atom. The Bertz CT molecular complexity index is 374. The van der Waals surface area contributed by atoms with Crippen LogP contribution in [0.1, 0.15) is 57.1 Å². The summed E-state index contributed by atoms with van der Waals surface area (Å²) in [5.74, 6) is 1.60. The van der Waals surface area contributed by atoms with Crippen LogP contribution >= 0.6 is 0 Å². The van der Waals surface area contributed by atoms with Crippen molar-refractivity contribution in [2.24, 2.45) is 0 Å². The molecule has 0 amide bonds. The molecule has 1 aromatic carbocycles. The number of hydrogen-bond acceptors (Lipinski definition) is 2. The van der Waals surface area contributed by atoms with Crippen LogP contribution in [0.25, 0.3) is 0 Å². The van der Waals surface area contributed by atoms with E-state index in [0.717, 1.165) is 18.8 Å². The van der Waals surface area contributed by atoms with Gasteiger partial charge in [0.15, 0.2) is 0 Å².